The lowest BCUT2D eigenvalue weighted by molar-refractivity contribution is 1.00. The van der Waals surface area contributed by atoms with E-state index in [2.05, 4.69) is 15.5 Å². The van der Waals surface area contributed by atoms with E-state index in [1.807, 2.05) is 37.3 Å². The molecular weight excluding hydrogens is 246 g/mol. The lowest BCUT2D eigenvalue weighted by Crippen LogP contribution is -2.03. The van der Waals surface area contributed by atoms with Crippen LogP contribution in [-0.2, 0) is 0 Å². The van der Waals surface area contributed by atoms with E-state index >= 15 is 0 Å². The van der Waals surface area contributed by atoms with Crippen LogP contribution < -0.4 is 5.32 Å². The predicted molar refractivity (Wildman–Crippen MR) is 73.9 cm³/mol. The van der Waals surface area contributed by atoms with Crippen molar-refractivity contribution < 1.29 is 0 Å². The zero-order chi connectivity index (χ0) is 12.5. The molecule has 1 saturated carbocycles. The van der Waals surface area contributed by atoms with Crippen molar-refractivity contribution in [3.05, 3.63) is 40.9 Å². The maximum absolute atomic E-state index is 6.11. The van der Waals surface area contributed by atoms with Gasteiger partial charge in [0.15, 0.2) is 0 Å². The summed E-state index contributed by atoms with van der Waals surface area (Å²) in [5.41, 5.74) is 2.91. The molecule has 4 heteroatoms. The van der Waals surface area contributed by atoms with E-state index in [-0.39, 0.29) is 0 Å². The molecule has 18 heavy (non-hydrogen) atoms. The fourth-order valence-electron chi connectivity index (χ4n) is 1.75. The SMILES string of the molecule is Cc1ccc(-c2ccc(NC3CC3)nn2)cc1Cl. The minimum absolute atomic E-state index is 0.596. The molecule has 0 radical (unpaired) electrons. The van der Waals surface area contributed by atoms with E-state index in [0.717, 1.165) is 27.7 Å². The molecule has 0 spiro atoms. The van der Waals surface area contributed by atoms with Crippen LogP contribution in [0.4, 0.5) is 5.82 Å². The summed E-state index contributed by atoms with van der Waals surface area (Å²) in [5.74, 6) is 0.847. The van der Waals surface area contributed by atoms with Crippen molar-refractivity contribution in [1.29, 1.82) is 0 Å². The van der Waals surface area contributed by atoms with Crippen molar-refractivity contribution in [3.63, 3.8) is 0 Å². The highest BCUT2D eigenvalue weighted by Gasteiger charge is 2.21. The van der Waals surface area contributed by atoms with Crippen LogP contribution in [0.5, 0.6) is 0 Å². The second-order valence-electron chi connectivity index (χ2n) is 4.69. The first-order valence-electron chi connectivity index (χ1n) is 6.09. The van der Waals surface area contributed by atoms with Crippen LogP contribution in [0.2, 0.25) is 5.02 Å². The lowest BCUT2D eigenvalue weighted by atomic mass is 10.1. The molecule has 1 heterocycles. The number of nitrogens with one attached hydrogen (secondary N) is 1. The van der Waals surface area contributed by atoms with Crippen LogP contribution in [0, 0.1) is 6.92 Å². The molecule has 0 saturated heterocycles. The molecule has 1 fully saturated rings. The van der Waals surface area contributed by atoms with Crippen LogP contribution in [-0.4, -0.2) is 16.2 Å². The van der Waals surface area contributed by atoms with E-state index in [4.69, 9.17) is 11.6 Å². The highest BCUT2D eigenvalue weighted by molar-refractivity contribution is 6.31. The molecular formula is C14H14ClN3. The van der Waals surface area contributed by atoms with Gasteiger partial charge in [-0.05, 0) is 43.5 Å². The normalized spacial score (nSPS) is 14.6. The maximum atomic E-state index is 6.11. The number of hydrogen-bond donors (Lipinski definition) is 1. The number of anilines is 1. The minimum atomic E-state index is 0.596. The van der Waals surface area contributed by atoms with Crippen LogP contribution in [0.15, 0.2) is 30.3 Å². The summed E-state index contributed by atoms with van der Waals surface area (Å²) in [5, 5.41) is 12.5. The highest BCUT2D eigenvalue weighted by Crippen LogP contribution is 2.26. The van der Waals surface area contributed by atoms with Gasteiger partial charge in [-0.1, -0.05) is 23.7 Å². The Morgan fingerprint density at radius 2 is 2.00 bits per heavy atom. The Morgan fingerprint density at radius 1 is 1.17 bits per heavy atom. The molecule has 3 nitrogen and oxygen atoms in total. The third-order valence-electron chi connectivity index (χ3n) is 3.06. The van der Waals surface area contributed by atoms with Gasteiger partial charge in [-0.15, -0.1) is 10.2 Å². The zero-order valence-corrected chi connectivity index (χ0v) is 10.9. The fraction of sp³-hybridized carbons (Fsp3) is 0.286. The highest BCUT2D eigenvalue weighted by atomic mass is 35.5. The van der Waals surface area contributed by atoms with Gasteiger partial charge in [-0.25, -0.2) is 0 Å². The Bertz CT molecular complexity index is 562. The number of aryl methyl sites for hydroxylation is 1. The predicted octanol–water partition coefficient (Wildman–Crippen LogP) is 3.68. The van der Waals surface area contributed by atoms with Gasteiger partial charge >= 0.3 is 0 Å². The van der Waals surface area contributed by atoms with Crippen LogP contribution in [0.25, 0.3) is 11.3 Å². The summed E-state index contributed by atoms with van der Waals surface area (Å²) >= 11 is 6.11. The number of aromatic nitrogens is 2. The van der Waals surface area contributed by atoms with Gasteiger partial charge in [-0.2, -0.15) is 0 Å². The average molecular weight is 260 g/mol. The lowest BCUT2D eigenvalue weighted by Gasteiger charge is -2.05. The van der Waals surface area contributed by atoms with Crippen LogP contribution in [0.1, 0.15) is 18.4 Å². The maximum Gasteiger partial charge on any atom is 0.148 e. The molecule has 92 valence electrons. The van der Waals surface area contributed by atoms with Crippen molar-refractivity contribution in [2.75, 3.05) is 5.32 Å². The minimum Gasteiger partial charge on any atom is -0.366 e. The van der Waals surface area contributed by atoms with Crippen LogP contribution >= 0.6 is 11.6 Å². The summed E-state index contributed by atoms with van der Waals surface area (Å²) in [6.45, 7) is 1.99. The van der Waals surface area contributed by atoms with Crippen molar-refractivity contribution in [1.82, 2.24) is 10.2 Å². The Labute approximate surface area is 111 Å². The third-order valence-corrected chi connectivity index (χ3v) is 3.47. The van der Waals surface area contributed by atoms with Gasteiger partial charge < -0.3 is 5.32 Å². The molecule has 0 atom stereocenters. The molecule has 1 aliphatic carbocycles. The second kappa shape index (κ2) is 4.58. The van der Waals surface area contributed by atoms with Gasteiger partial charge in [0.25, 0.3) is 0 Å². The van der Waals surface area contributed by atoms with Crippen molar-refractivity contribution in [2.24, 2.45) is 0 Å². The van der Waals surface area contributed by atoms with E-state index in [1.165, 1.54) is 12.8 Å². The summed E-state index contributed by atoms with van der Waals surface area (Å²) in [6.07, 6.45) is 2.47. The second-order valence-corrected chi connectivity index (χ2v) is 5.09. The molecule has 3 rings (SSSR count). The van der Waals surface area contributed by atoms with Crippen LogP contribution in [0.3, 0.4) is 0 Å². The molecule has 2 aromatic rings. The molecule has 0 amide bonds. The Balaban J connectivity index is 1.84. The number of halogens is 1. The Morgan fingerprint density at radius 3 is 2.61 bits per heavy atom. The van der Waals surface area contributed by atoms with Gasteiger partial charge in [0.2, 0.25) is 0 Å². The van der Waals surface area contributed by atoms with Crippen molar-refractivity contribution in [2.45, 2.75) is 25.8 Å². The third kappa shape index (κ3) is 2.46. The fourth-order valence-corrected chi connectivity index (χ4v) is 1.93. The van der Waals surface area contributed by atoms with E-state index in [0.29, 0.717) is 6.04 Å². The monoisotopic (exact) mass is 259 g/mol. The number of nitrogens with zero attached hydrogens (tertiary/aromatic N) is 2. The quantitative estimate of drug-likeness (QED) is 0.914. The van der Waals surface area contributed by atoms with Gasteiger partial charge in [0, 0.05) is 16.6 Å². The van der Waals surface area contributed by atoms with Crippen molar-refractivity contribution >= 4 is 17.4 Å². The molecule has 1 N–H and O–H groups in total. The van der Waals surface area contributed by atoms with E-state index in [9.17, 15) is 0 Å². The smallest absolute Gasteiger partial charge is 0.148 e. The molecule has 1 aromatic heterocycles. The average Bonchev–Trinajstić information content (AvgIpc) is 3.18. The zero-order valence-electron chi connectivity index (χ0n) is 10.2. The standard InChI is InChI=1S/C14H14ClN3/c1-9-2-3-10(8-12(9)15)13-6-7-14(18-17-13)16-11-4-5-11/h2-3,6-8,11H,4-5H2,1H3,(H,16,18). The van der Waals surface area contributed by atoms with Gasteiger partial charge in [0.05, 0.1) is 5.69 Å². The first kappa shape index (κ1) is 11.5. The molecule has 0 unspecified atom stereocenters. The van der Waals surface area contributed by atoms with E-state index in [1.54, 1.807) is 0 Å². The summed E-state index contributed by atoms with van der Waals surface area (Å²) < 4.78 is 0. The molecule has 1 aliphatic rings. The van der Waals surface area contributed by atoms with Gasteiger partial charge in [0.1, 0.15) is 5.82 Å². The number of benzene rings is 1. The van der Waals surface area contributed by atoms with Crippen molar-refractivity contribution in [3.8, 4) is 11.3 Å². The first-order valence-corrected chi connectivity index (χ1v) is 6.47. The number of hydrogen-bond acceptors (Lipinski definition) is 3. The largest absolute Gasteiger partial charge is 0.366 e. The summed E-state index contributed by atoms with van der Waals surface area (Å²) in [7, 11) is 0. The Hall–Kier alpha value is -1.61. The Kier molecular flexibility index (Phi) is 2.92. The number of rotatable bonds is 3. The summed E-state index contributed by atoms with van der Waals surface area (Å²) in [6, 6.07) is 10.5. The summed E-state index contributed by atoms with van der Waals surface area (Å²) in [4.78, 5) is 0. The van der Waals surface area contributed by atoms with Gasteiger partial charge in [-0.3, -0.25) is 0 Å². The first-order chi connectivity index (χ1) is 8.72. The molecule has 1 aromatic carbocycles. The molecule has 0 aliphatic heterocycles. The van der Waals surface area contributed by atoms with E-state index < -0.39 is 0 Å². The topological polar surface area (TPSA) is 37.8 Å². The molecule has 0 bridgehead atoms.